The minimum absolute atomic E-state index is 0.514. The Morgan fingerprint density at radius 2 is 2.06 bits per heavy atom. The average Bonchev–Trinajstić information content (AvgIpc) is 2.79. The molecule has 2 aromatic rings. The minimum atomic E-state index is 0.514. The molecule has 0 radical (unpaired) electrons. The molecule has 0 unspecified atom stereocenters. The quantitative estimate of drug-likeness (QED) is 0.616. The van der Waals surface area contributed by atoms with Gasteiger partial charge >= 0.3 is 0 Å². The van der Waals surface area contributed by atoms with Gasteiger partial charge in [-0.15, -0.1) is 22.9 Å². The molecule has 82 valence electrons. The molecule has 2 nitrogen and oxygen atoms in total. The van der Waals surface area contributed by atoms with Crippen molar-refractivity contribution in [2.24, 2.45) is 0 Å². The van der Waals surface area contributed by atoms with Gasteiger partial charge in [-0.3, -0.25) is 4.79 Å². The van der Waals surface area contributed by atoms with Crippen molar-refractivity contribution in [2.45, 2.75) is 6.42 Å². The first-order valence-electron chi connectivity index (χ1n) is 4.89. The molecule has 0 aliphatic rings. The number of carbonyl (C=O) groups is 1. The zero-order chi connectivity index (χ0) is 11.4. The van der Waals surface area contributed by atoms with Gasteiger partial charge in [0.15, 0.2) is 11.3 Å². The number of aromatic nitrogens is 1. The summed E-state index contributed by atoms with van der Waals surface area (Å²) in [4.78, 5) is 14.7. The summed E-state index contributed by atoms with van der Waals surface area (Å²) < 4.78 is 0. The fourth-order valence-electron chi connectivity index (χ4n) is 1.43. The molecule has 0 atom stereocenters. The maximum atomic E-state index is 10.5. The second kappa shape index (κ2) is 5.23. The van der Waals surface area contributed by atoms with E-state index in [-0.39, 0.29) is 0 Å². The van der Waals surface area contributed by atoms with E-state index in [1.807, 2.05) is 29.6 Å². The number of hydrogen-bond donors (Lipinski definition) is 0. The Balaban J connectivity index is 2.23. The van der Waals surface area contributed by atoms with Gasteiger partial charge < -0.3 is 0 Å². The zero-order valence-electron chi connectivity index (χ0n) is 8.52. The Bertz CT molecular complexity index is 478. The molecule has 0 saturated carbocycles. The molecule has 1 aromatic carbocycles. The Morgan fingerprint density at radius 1 is 1.31 bits per heavy atom. The third kappa shape index (κ3) is 2.49. The van der Waals surface area contributed by atoms with Crippen molar-refractivity contribution in [2.75, 3.05) is 5.88 Å². The molecule has 0 fully saturated rings. The van der Waals surface area contributed by atoms with Crippen LogP contribution in [0.1, 0.15) is 15.4 Å². The molecule has 0 aliphatic carbocycles. The number of aryl methyl sites for hydroxylation is 1. The van der Waals surface area contributed by atoms with Crippen LogP contribution in [0.25, 0.3) is 11.3 Å². The number of hydrogen-bond acceptors (Lipinski definition) is 3. The van der Waals surface area contributed by atoms with E-state index in [0.29, 0.717) is 10.9 Å². The van der Waals surface area contributed by atoms with Crippen molar-refractivity contribution in [1.29, 1.82) is 0 Å². The molecule has 0 spiro atoms. The maximum absolute atomic E-state index is 10.5. The molecule has 0 aliphatic heterocycles. The predicted molar refractivity (Wildman–Crippen MR) is 67.4 cm³/mol. The van der Waals surface area contributed by atoms with E-state index in [1.165, 1.54) is 16.9 Å². The molecule has 0 bridgehead atoms. The van der Waals surface area contributed by atoms with Crippen molar-refractivity contribution < 1.29 is 4.79 Å². The number of aldehydes is 1. The van der Waals surface area contributed by atoms with Gasteiger partial charge in [0.1, 0.15) is 0 Å². The second-order valence-corrected chi connectivity index (χ2v) is 4.59. The van der Waals surface area contributed by atoms with Crippen LogP contribution < -0.4 is 0 Å². The van der Waals surface area contributed by atoms with Gasteiger partial charge in [0.25, 0.3) is 0 Å². The molecule has 1 heterocycles. The summed E-state index contributed by atoms with van der Waals surface area (Å²) in [6.07, 6.45) is 1.65. The minimum Gasteiger partial charge on any atom is -0.295 e. The van der Waals surface area contributed by atoms with E-state index in [9.17, 15) is 4.79 Å². The van der Waals surface area contributed by atoms with Crippen molar-refractivity contribution in [3.63, 3.8) is 0 Å². The lowest BCUT2D eigenvalue weighted by Gasteiger charge is -1.99. The number of nitrogens with zero attached hydrogens (tertiary/aromatic N) is 1. The molecule has 0 amide bonds. The zero-order valence-corrected chi connectivity index (χ0v) is 10.1. The number of benzene rings is 1. The fraction of sp³-hybridized carbons (Fsp3) is 0.167. The Morgan fingerprint density at radius 3 is 2.62 bits per heavy atom. The first-order valence-corrected chi connectivity index (χ1v) is 6.31. The van der Waals surface area contributed by atoms with Crippen molar-refractivity contribution in [1.82, 2.24) is 4.98 Å². The van der Waals surface area contributed by atoms with Crippen LogP contribution >= 0.6 is 22.9 Å². The highest BCUT2D eigenvalue weighted by Gasteiger charge is 2.03. The van der Waals surface area contributed by atoms with E-state index >= 15 is 0 Å². The maximum Gasteiger partial charge on any atom is 0.178 e. The fourth-order valence-corrected chi connectivity index (χ4v) is 2.27. The number of halogens is 1. The molecule has 0 N–H and O–H groups in total. The van der Waals surface area contributed by atoms with Crippen LogP contribution in [0, 0.1) is 0 Å². The first-order chi connectivity index (χ1) is 7.83. The van der Waals surface area contributed by atoms with Crippen LogP contribution in [0.5, 0.6) is 0 Å². The second-order valence-electron chi connectivity index (χ2n) is 3.32. The summed E-state index contributed by atoms with van der Waals surface area (Å²) in [5.74, 6) is 0.630. The number of rotatable bonds is 4. The van der Waals surface area contributed by atoms with E-state index < -0.39 is 0 Å². The average molecular weight is 252 g/mol. The van der Waals surface area contributed by atoms with Crippen molar-refractivity contribution in [3.05, 3.63) is 40.2 Å². The summed E-state index contributed by atoms with van der Waals surface area (Å²) in [7, 11) is 0. The van der Waals surface area contributed by atoms with Crippen molar-refractivity contribution in [3.8, 4) is 11.3 Å². The van der Waals surface area contributed by atoms with Gasteiger partial charge in [-0.1, -0.05) is 24.3 Å². The smallest absolute Gasteiger partial charge is 0.178 e. The lowest BCUT2D eigenvalue weighted by molar-refractivity contribution is 0.112. The van der Waals surface area contributed by atoms with Gasteiger partial charge in [0, 0.05) is 16.8 Å². The van der Waals surface area contributed by atoms with Gasteiger partial charge in [-0.25, -0.2) is 4.98 Å². The largest absolute Gasteiger partial charge is 0.295 e. The predicted octanol–water partition coefficient (Wildman–Crippen LogP) is 3.40. The van der Waals surface area contributed by atoms with Crippen LogP contribution in [0.3, 0.4) is 0 Å². The van der Waals surface area contributed by atoms with Gasteiger partial charge in [0.2, 0.25) is 0 Å². The van der Waals surface area contributed by atoms with E-state index in [0.717, 1.165) is 24.0 Å². The number of alkyl halides is 1. The summed E-state index contributed by atoms with van der Waals surface area (Å²) in [5, 5.41) is 2.40. The Hall–Kier alpha value is -1.19. The number of carbonyl (C=O) groups excluding carboxylic acids is 1. The lowest BCUT2D eigenvalue weighted by Crippen LogP contribution is -1.86. The van der Waals surface area contributed by atoms with Crippen LogP contribution in [0.15, 0.2) is 29.6 Å². The molecular formula is C12H10ClNOS. The van der Waals surface area contributed by atoms with Gasteiger partial charge in [0.05, 0.1) is 5.69 Å². The monoisotopic (exact) mass is 251 g/mol. The molecule has 1 aromatic heterocycles. The SMILES string of the molecule is O=Cc1nc(-c2ccc(CCCl)cc2)cs1. The third-order valence-corrected chi connectivity index (χ3v) is 3.21. The summed E-state index contributed by atoms with van der Waals surface area (Å²) in [6.45, 7) is 0. The van der Waals surface area contributed by atoms with Crippen LogP contribution in [-0.4, -0.2) is 17.2 Å². The van der Waals surface area contributed by atoms with E-state index in [2.05, 4.69) is 4.98 Å². The molecular weight excluding hydrogens is 242 g/mol. The highest BCUT2D eigenvalue weighted by Crippen LogP contribution is 2.21. The highest BCUT2D eigenvalue weighted by atomic mass is 35.5. The lowest BCUT2D eigenvalue weighted by atomic mass is 10.1. The normalized spacial score (nSPS) is 10.3. The molecule has 4 heteroatoms. The standard InChI is InChI=1S/C12H10ClNOS/c13-6-5-9-1-3-10(4-2-9)11-8-16-12(7-15)14-11/h1-4,7-8H,5-6H2. The van der Waals surface area contributed by atoms with Crippen LogP contribution in [0.4, 0.5) is 0 Å². The molecule has 16 heavy (non-hydrogen) atoms. The summed E-state index contributed by atoms with van der Waals surface area (Å²) in [6, 6.07) is 8.09. The summed E-state index contributed by atoms with van der Waals surface area (Å²) in [5.41, 5.74) is 3.09. The topological polar surface area (TPSA) is 30.0 Å². The third-order valence-electron chi connectivity index (χ3n) is 2.26. The van der Waals surface area contributed by atoms with Crippen LogP contribution in [0.2, 0.25) is 0 Å². The van der Waals surface area contributed by atoms with Gasteiger partial charge in [-0.05, 0) is 12.0 Å². The van der Waals surface area contributed by atoms with E-state index in [4.69, 9.17) is 11.6 Å². The molecule has 0 saturated heterocycles. The van der Waals surface area contributed by atoms with Gasteiger partial charge in [-0.2, -0.15) is 0 Å². The Kier molecular flexibility index (Phi) is 3.70. The van der Waals surface area contributed by atoms with E-state index in [1.54, 1.807) is 0 Å². The first kappa shape index (κ1) is 11.3. The highest BCUT2D eigenvalue weighted by molar-refractivity contribution is 7.11. The number of thiazole rings is 1. The molecule has 2 rings (SSSR count). The summed E-state index contributed by atoms with van der Waals surface area (Å²) >= 11 is 7.02. The van der Waals surface area contributed by atoms with Crippen molar-refractivity contribution >= 4 is 29.2 Å². The Labute approximate surface area is 103 Å². The van der Waals surface area contributed by atoms with Crippen LogP contribution in [-0.2, 0) is 6.42 Å².